The Bertz CT molecular complexity index is 951. The molecular formula is C26H31NO6. The number of rotatable bonds is 7. The first-order valence-corrected chi connectivity index (χ1v) is 11.1. The predicted octanol–water partition coefficient (Wildman–Crippen LogP) is 3.55. The van der Waals surface area contributed by atoms with Crippen LogP contribution in [0.4, 0.5) is 0 Å². The highest BCUT2D eigenvalue weighted by atomic mass is 16.6. The van der Waals surface area contributed by atoms with E-state index in [9.17, 15) is 14.4 Å². The van der Waals surface area contributed by atoms with Gasteiger partial charge in [-0.05, 0) is 38.8 Å². The van der Waals surface area contributed by atoms with Crippen molar-refractivity contribution in [3.8, 4) is 0 Å². The number of benzene rings is 2. The zero-order chi connectivity index (χ0) is 24.2. The second-order valence-corrected chi connectivity index (χ2v) is 8.68. The summed E-state index contributed by atoms with van der Waals surface area (Å²) in [6.07, 6.45) is -0.961. The van der Waals surface area contributed by atoms with E-state index in [0.29, 0.717) is 11.1 Å². The van der Waals surface area contributed by atoms with Crippen LogP contribution in [0.1, 0.15) is 50.8 Å². The van der Waals surface area contributed by atoms with E-state index in [4.69, 9.17) is 14.2 Å². The summed E-state index contributed by atoms with van der Waals surface area (Å²) in [5, 5.41) is 3.23. The molecule has 0 bridgehead atoms. The summed E-state index contributed by atoms with van der Waals surface area (Å²) < 4.78 is 16.4. The average Bonchev–Trinajstić information content (AvgIpc) is 3.16. The fourth-order valence-electron chi connectivity index (χ4n) is 4.50. The molecule has 7 nitrogen and oxygen atoms in total. The Balaban J connectivity index is 2.35. The first-order chi connectivity index (χ1) is 15.7. The topological polar surface area (TPSA) is 90.9 Å². The second-order valence-electron chi connectivity index (χ2n) is 8.68. The van der Waals surface area contributed by atoms with E-state index in [-0.39, 0.29) is 0 Å². The molecule has 1 aliphatic heterocycles. The SMILES string of the molecule is COC(=O)[C@@H]1N[C@H](c2ccccc2)C(C(=O)OC(C)C)(C(=O)OC(C)C)[C@H]1c1ccccc1. The van der Waals surface area contributed by atoms with Gasteiger partial charge in [-0.1, -0.05) is 60.7 Å². The highest BCUT2D eigenvalue weighted by Gasteiger charge is 2.69. The van der Waals surface area contributed by atoms with Crippen molar-refractivity contribution >= 4 is 17.9 Å². The number of ether oxygens (including phenoxy) is 3. The van der Waals surface area contributed by atoms with Gasteiger partial charge in [-0.25, -0.2) is 0 Å². The van der Waals surface area contributed by atoms with E-state index in [2.05, 4.69) is 5.32 Å². The second kappa shape index (κ2) is 10.2. The van der Waals surface area contributed by atoms with Crippen LogP contribution in [0, 0.1) is 5.41 Å². The van der Waals surface area contributed by atoms with Gasteiger partial charge in [0.2, 0.25) is 0 Å². The largest absolute Gasteiger partial charge is 0.468 e. The predicted molar refractivity (Wildman–Crippen MR) is 122 cm³/mol. The highest BCUT2D eigenvalue weighted by molar-refractivity contribution is 6.04. The molecule has 0 radical (unpaired) electrons. The third kappa shape index (κ3) is 4.64. The van der Waals surface area contributed by atoms with Gasteiger partial charge in [0.25, 0.3) is 0 Å². The number of hydrogen-bond donors (Lipinski definition) is 1. The van der Waals surface area contributed by atoms with E-state index in [1.807, 2.05) is 24.3 Å². The third-order valence-electron chi connectivity index (χ3n) is 5.73. The van der Waals surface area contributed by atoms with Crippen molar-refractivity contribution < 1.29 is 28.6 Å². The molecule has 1 N–H and O–H groups in total. The number of methoxy groups -OCH3 is 1. The Morgan fingerprint density at radius 1 is 0.788 bits per heavy atom. The molecule has 1 saturated heterocycles. The van der Waals surface area contributed by atoms with E-state index in [0.717, 1.165) is 0 Å². The summed E-state index contributed by atoms with van der Waals surface area (Å²) in [6, 6.07) is 16.2. The van der Waals surface area contributed by atoms with Gasteiger partial charge in [-0.15, -0.1) is 0 Å². The lowest BCUT2D eigenvalue weighted by molar-refractivity contribution is -0.179. The molecule has 0 amide bonds. The van der Waals surface area contributed by atoms with Crippen LogP contribution >= 0.6 is 0 Å². The van der Waals surface area contributed by atoms with Crippen molar-refractivity contribution in [2.75, 3.05) is 7.11 Å². The van der Waals surface area contributed by atoms with Crippen LogP contribution in [0.25, 0.3) is 0 Å². The number of carbonyl (C=O) groups excluding carboxylic acids is 3. The molecule has 7 heteroatoms. The maximum atomic E-state index is 13.9. The van der Waals surface area contributed by atoms with Crippen molar-refractivity contribution in [2.45, 2.75) is 57.9 Å². The molecule has 0 spiro atoms. The summed E-state index contributed by atoms with van der Waals surface area (Å²) in [7, 11) is 1.28. The van der Waals surface area contributed by atoms with Crippen molar-refractivity contribution in [3.63, 3.8) is 0 Å². The molecule has 0 aliphatic carbocycles. The molecule has 176 valence electrons. The lowest BCUT2D eigenvalue weighted by Crippen LogP contribution is -2.50. The number of esters is 3. The summed E-state index contributed by atoms with van der Waals surface area (Å²) in [4.78, 5) is 40.8. The monoisotopic (exact) mass is 453 g/mol. The minimum absolute atomic E-state index is 0.480. The maximum Gasteiger partial charge on any atom is 0.326 e. The molecule has 3 rings (SSSR count). The third-order valence-corrected chi connectivity index (χ3v) is 5.73. The molecule has 1 heterocycles. The fraction of sp³-hybridized carbons (Fsp3) is 0.423. The van der Waals surface area contributed by atoms with Crippen LogP contribution < -0.4 is 5.32 Å². The normalized spacial score (nSPS) is 21.6. The van der Waals surface area contributed by atoms with Crippen molar-refractivity contribution in [2.24, 2.45) is 5.41 Å². The first-order valence-electron chi connectivity index (χ1n) is 11.1. The van der Waals surface area contributed by atoms with Gasteiger partial charge in [0.15, 0.2) is 5.41 Å². The number of nitrogens with one attached hydrogen (secondary N) is 1. The molecular weight excluding hydrogens is 422 g/mol. The van der Waals surface area contributed by atoms with Gasteiger partial charge >= 0.3 is 17.9 Å². The van der Waals surface area contributed by atoms with Gasteiger partial charge in [0, 0.05) is 5.92 Å². The van der Waals surface area contributed by atoms with Gasteiger partial charge < -0.3 is 14.2 Å². The van der Waals surface area contributed by atoms with Crippen LogP contribution in [-0.4, -0.2) is 43.3 Å². The quantitative estimate of drug-likeness (QED) is 0.389. The van der Waals surface area contributed by atoms with E-state index in [1.165, 1.54) is 7.11 Å². The Morgan fingerprint density at radius 2 is 1.24 bits per heavy atom. The maximum absolute atomic E-state index is 13.9. The van der Waals surface area contributed by atoms with Crippen molar-refractivity contribution in [1.82, 2.24) is 5.32 Å². The lowest BCUT2D eigenvalue weighted by atomic mass is 9.66. The first kappa shape index (κ1) is 24.5. The van der Waals surface area contributed by atoms with Crippen LogP contribution in [0.2, 0.25) is 0 Å². The minimum atomic E-state index is -1.86. The summed E-state index contributed by atoms with van der Waals surface area (Å²) in [5.74, 6) is -3.00. The molecule has 0 saturated carbocycles. The van der Waals surface area contributed by atoms with Crippen LogP contribution in [0.5, 0.6) is 0 Å². The standard InChI is InChI=1S/C26H31NO6/c1-16(2)32-24(29)26(25(30)33-17(3)4)20(18-12-8-6-9-13-18)21(23(28)31-5)27-22(26)19-14-10-7-11-15-19/h6-17,20-22,27H,1-5H3/t20-,21+,22+/m0/s1. The zero-order valence-electron chi connectivity index (χ0n) is 19.6. The van der Waals surface area contributed by atoms with Gasteiger partial charge in [-0.3, -0.25) is 19.7 Å². The Kier molecular flexibility index (Phi) is 7.53. The Morgan fingerprint density at radius 3 is 1.67 bits per heavy atom. The lowest BCUT2D eigenvalue weighted by Gasteiger charge is -2.36. The molecule has 3 atom stereocenters. The molecule has 33 heavy (non-hydrogen) atoms. The summed E-state index contributed by atoms with van der Waals surface area (Å²) >= 11 is 0. The van der Waals surface area contributed by atoms with Crippen LogP contribution in [0.3, 0.4) is 0 Å². The van der Waals surface area contributed by atoms with Crippen molar-refractivity contribution in [3.05, 3.63) is 71.8 Å². The van der Waals surface area contributed by atoms with Gasteiger partial charge in [0.1, 0.15) is 6.04 Å². The Labute approximate surface area is 194 Å². The average molecular weight is 454 g/mol. The molecule has 1 aliphatic rings. The molecule has 2 aromatic carbocycles. The smallest absolute Gasteiger partial charge is 0.326 e. The van der Waals surface area contributed by atoms with E-state index < -0.39 is 53.5 Å². The Hall–Kier alpha value is -3.19. The van der Waals surface area contributed by atoms with Crippen LogP contribution in [0.15, 0.2) is 60.7 Å². The van der Waals surface area contributed by atoms with E-state index >= 15 is 0 Å². The highest BCUT2D eigenvalue weighted by Crippen LogP contribution is 2.55. The molecule has 1 fully saturated rings. The van der Waals surface area contributed by atoms with E-state index in [1.54, 1.807) is 64.1 Å². The van der Waals surface area contributed by atoms with Crippen LogP contribution in [-0.2, 0) is 28.6 Å². The number of carbonyl (C=O) groups is 3. The summed E-state index contributed by atoms with van der Waals surface area (Å²) in [6.45, 7) is 6.87. The zero-order valence-corrected chi connectivity index (χ0v) is 19.6. The molecule has 2 aromatic rings. The molecule has 0 aromatic heterocycles. The number of hydrogen-bond acceptors (Lipinski definition) is 7. The molecule has 0 unspecified atom stereocenters. The van der Waals surface area contributed by atoms with Gasteiger partial charge in [-0.2, -0.15) is 0 Å². The van der Waals surface area contributed by atoms with Crippen molar-refractivity contribution in [1.29, 1.82) is 0 Å². The fourth-order valence-corrected chi connectivity index (χ4v) is 4.50. The van der Waals surface area contributed by atoms with Gasteiger partial charge in [0.05, 0.1) is 25.4 Å². The summed E-state index contributed by atoms with van der Waals surface area (Å²) in [5.41, 5.74) is -0.581. The minimum Gasteiger partial charge on any atom is -0.468 e.